The predicted molar refractivity (Wildman–Crippen MR) is 202 cm³/mol. The van der Waals surface area contributed by atoms with Crippen molar-refractivity contribution in [1.82, 2.24) is 4.90 Å². The van der Waals surface area contributed by atoms with Gasteiger partial charge in [-0.25, -0.2) is 4.79 Å². The topological polar surface area (TPSA) is 171 Å². The number of aliphatic hydroxyl groups is 1. The number of aliphatic carboxylic acids is 3. The van der Waals surface area contributed by atoms with Gasteiger partial charge in [0, 0.05) is 12.5 Å². The van der Waals surface area contributed by atoms with Crippen molar-refractivity contribution >= 4 is 29.5 Å². The Kier molecular flexibility index (Phi) is 21.4. The van der Waals surface area contributed by atoms with E-state index in [4.69, 9.17) is 29.9 Å². The van der Waals surface area contributed by atoms with E-state index in [0.717, 1.165) is 36.3 Å². The zero-order valence-corrected chi connectivity index (χ0v) is 32.7. The molecule has 4 N–H and O–H groups in total. The summed E-state index contributed by atoms with van der Waals surface area (Å²) in [6, 6.07) is 16.2. The van der Waals surface area contributed by atoms with Gasteiger partial charge in [0.1, 0.15) is 11.5 Å². The number of carbonyl (C=O) groups excluding carboxylic acids is 1. The van der Waals surface area contributed by atoms with Gasteiger partial charge in [-0.2, -0.15) is 0 Å². The van der Waals surface area contributed by atoms with Crippen molar-refractivity contribution in [2.45, 2.75) is 59.0 Å². The molecule has 2 aromatic carbocycles. The van der Waals surface area contributed by atoms with Crippen LogP contribution in [0.1, 0.15) is 64.5 Å². The third-order valence-electron chi connectivity index (χ3n) is 7.63. The molecule has 10 radical (unpaired) electrons. The number of carbonyl (C=O) groups is 4. The Bertz CT molecular complexity index is 1460. The Hall–Kier alpha value is -3.70. The molecule has 0 atom stereocenters. The van der Waals surface area contributed by atoms with E-state index in [1.165, 1.54) is 17.1 Å². The van der Waals surface area contributed by atoms with Crippen LogP contribution in [0.4, 0.5) is 0 Å². The molecule has 2 saturated carbocycles. The molecule has 290 valence electrons. The minimum atomic E-state index is -2.74. The van der Waals surface area contributed by atoms with Crippen LogP contribution < -0.4 is 9.47 Å². The number of nitrogens with zero attached hydrogens (tertiary/aromatic N) is 1. The molecule has 2 fully saturated rings. The van der Waals surface area contributed by atoms with Crippen LogP contribution in [0.5, 0.6) is 11.5 Å². The number of rotatable bonds is 15. The zero-order valence-electron chi connectivity index (χ0n) is 31.6. The van der Waals surface area contributed by atoms with Crippen molar-refractivity contribution in [3.63, 3.8) is 0 Å². The van der Waals surface area contributed by atoms with Crippen LogP contribution in [-0.2, 0) is 36.2 Å². The van der Waals surface area contributed by atoms with E-state index in [-0.39, 0.29) is 23.0 Å². The fourth-order valence-electron chi connectivity index (χ4n) is 4.89. The van der Waals surface area contributed by atoms with E-state index in [1.54, 1.807) is 0 Å². The molecule has 0 aromatic heterocycles. The van der Waals surface area contributed by atoms with Crippen molar-refractivity contribution in [2.75, 3.05) is 27.2 Å². The standard InChI is InChI=1S/C31H38NO3.C6H8O7.C5H5.Fe/c1-7-28(23-11-8-9-12-23)29(24-13-17-26(18-14-24)34-22-10-21-32(5)6)25-15-19-27(20-16-25)35-30(33)31(2,3)4;7-3(8)1-6(13,5(11)12)2-4(9)10;1-2-4-5-3-1;/h8-9,11-20H,7,10,21-22H2,1-6H3;13H,1-2H2,(H,7,8)(H,9,10)(H,11,12);1-5H;/q;;;+2/b29-28+;;;. The maximum Gasteiger partial charge on any atom is 2.00 e. The van der Waals surface area contributed by atoms with Gasteiger partial charge in [-0.05, 0) is 146 Å². The molecule has 0 spiro atoms. The first-order valence-electron chi connectivity index (χ1n) is 17.2. The first-order chi connectivity index (χ1) is 25.0. The van der Waals surface area contributed by atoms with Crippen molar-refractivity contribution in [2.24, 2.45) is 5.41 Å². The molecule has 4 rings (SSSR count). The zero-order chi connectivity index (χ0) is 39.6. The van der Waals surface area contributed by atoms with Gasteiger partial charge in [-0.3, -0.25) is 14.4 Å². The Morgan fingerprint density at radius 3 is 1.52 bits per heavy atom. The molecule has 12 heteroatoms. The third kappa shape index (κ3) is 17.2. The minimum Gasteiger partial charge on any atom is -0.494 e. The van der Waals surface area contributed by atoms with Crippen LogP contribution in [0, 0.1) is 69.1 Å². The number of carboxylic acids is 3. The molecular formula is C42H51FeNO10+2. The summed E-state index contributed by atoms with van der Waals surface area (Å²) in [4.78, 5) is 44.9. The Labute approximate surface area is 331 Å². The van der Waals surface area contributed by atoms with Gasteiger partial charge in [0.2, 0.25) is 0 Å². The van der Waals surface area contributed by atoms with Gasteiger partial charge >= 0.3 is 40.9 Å². The van der Waals surface area contributed by atoms with Gasteiger partial charge in [-0.15, -0.1) is 0 Å². The summed E-state index contributed by atoms with van der Waals surface area (Å²) in [6.45, 7) is 9.45. The number of carboxylic acid groups (broad SMARTS) is 3. The number of allylic oxidation sites excluding steroid dienone is 1. The second-order valence-corrected chi connectivity index (χ2v) is 13.5. The number of benzene rings is 2. The molecule has 0 saturated heterocycles. The summed E-state index contributed by atoms with van der Waals surface area (Å²) in [7, 11) is 4.14. The van der Waals surface area contributed by atoms with E-state index in [2.05, 4.69) is 63.7 Å². The number of ether oxygens (including phenoxy) is 2. The molecule has 2 aliphatic carbocycles. The van der Waals surface area contributed by atoms with E-state index in [0.29, 0.717) is 12.4 Å². The molecule has 11 nitrogen and oxygen atoms in total. The Morgan fingerprint density at radius 1 is 0.704 bits per heavy atom. The van der Waals surface area contributed by atoms with Crippen LogP contribution in [0.3, 0.4) is 0 Å². The quantitative estimate of drug-likeness (QED) is 0.0686. The van der Waals surface area contributed by atoms with Gasteiger partial charge in [-0.1, -0.05) is 36.8 Å². The molecule has 0 bridgehead atoms. The van der Waals surface area contributed by atoms with Crippen molar-refractivity contribution in [1.29, 1.82) is 0 Å². The molecule has 0 unspecified atom stereocenters. The molecule has 2 aromatic rings. The molecule has 0 aliphatic heterocycles. The number of hydrogen-bond acceptors (Lipinski definition) is 8. The first-order valence-corrected chi connectivity index (χ1v) is 17.2. The van der Waals surface area contributed by atoms with Gasteiger partial charge in [0.15, 0.2) is 5.60 Å². The minimum absolute atomic E-state index is 0. The summed E-state index contributed by atoms with van der Waals surface area (Å²) in [5.74, 6) is -2.61. The molecular weight excluding hydrogens is 734 g/mol. The molecule has 0 amide bonds. The SMILES string of the molecule is CC/C([C]1[CH][CH][CH][CH]1)=C(/c1ccc(OCCCN(C)C)cc1)c1ccc(OC(=O)C(C)(C)C)cc1.O=C(O)CC(O)(CC(=O)O)C(=O)O.[CH]1[CH][CH][CH][CH]1.[Fe+2]. The van der Waals surface area contributed by atoms with E-state index in [1.807, 2.05) is 89.3 Å². The second kappa shape index (κ2) is 23.9. The monoisotopic (exact) mass is 785 g/mol. The average molecular weight is 786 g/mol. The van der Waals surface area contributed by atoms with Crippen LogP contribution in [0.15, 0.2) is 54.1 Å². The van der Waals surface area contributed by atoms with E-state index < -0.39 is 41.8 Å². The second-order valence-electron chi connectivity index (χ2n) is 13.5. The van der Waals surface area contributed by atoms with E-state index >= 15 is 0 Å². The maximum absolute atomic E-state index is 12.3. The fourth-order valence-corrected chi connectivity index (χ4v) is 4.89. The Morgan fingerprint density at radius 2 is 1.15 bits per heavy atom. The molecule has 54 heavy (non-hydrogen) atoms. The number of hydrogen-bond donors (Lipinski definition) is 4. The van der Waals surface area contributed by atoms with Gasteiger partial charge in [0.05, 0.1) is 24.9 Å². The summed E-state index contributed by atoms with van der Waals surface area (Å²) in [5.41, 5.74) is 1.37. The smallest absolute Gasteiger partial charge is 0.494 e. The van der Waals surface area contributed by atoms with Crippen LogP contribution in [0.25, 0.3) is 5.57 Å². The summed E-state index contributed by atoms with van der Waals surface area (Å²) < 4.78 is 11.5. The van der Waals surface area contributed by atoms with Crippen LogP contribution in [-0.4, -0.2) is 82.1 Å². The number of esters is 1. The third-order valence-corrected chi connectivity index (χ3v) is 7.63. The largest absolute Gasteiger partial charge is 2.00 e. The van der Waals surface area contributed by atoms with Crippen LogP contribution >= 0.6 is 0 Å². The van der Waals surface area contributed by atoms with Crippen molar-refractivity contribution < 1.29 is 66.1 Å². The summed E-state index contributed by atoms with van der Waals surface area (Å²) in [5, 5.41) is 33.8. The normalized spacial score (nSPS) is 14.7. The molecule has 0 heterocycles. The Balaban J connectivity index is 0.000000632. The van der Waals surface area contributed by atoms with E-state index in [9.17, 15) is 19.2 Å². The fraction of sp³-hybridized carbons (Fsp3) is 0.333. The van der Waals surface area contributed by atoms with Crippen molar-refractivity contribution in [3.05, 3.63) is 129 Å². The van der Waals surface area contributed by atoms with Gasteiger partial charge in [0.25, 0.3) is 0 Å². The van der Waals surface area contributed by atoms with Crippen LogP contribution in [0.2, 0.25) is 0 Å². The van der Waals surface area contributed by atoms with Crippen molar-refractivity contribution in [3.8, 4) is 11.5 Å². The molecule has 2 aliphatic rings. The average Bonchev–Trinajstić information content (AvgIpc) is 3.84. The summed E-state index contributed by atoms with van der Waals surface area (Å²) in [6.07, 6.45) is 18.0. The first kappa shape index (κ1) is 48.3. The summed E-state index contributed by atoms with van der Waals surface area (Å²) >= 11 is 0. The predicted octanol–water partition coefficient (Wildman–Crippen LogP) is 6.36. The van der Waals surface area contributed by atoms with Gasteiger partial charge < -0.3 is 34.8 Å². The maximum atomic E-state index is 12.3.